The van der Waals surface area contributed by atoms with E-state index >= 15 is 0 Å². The van der Waals surface area contributed by atoms with E-state index in [9.17, 15) is 9.18 Å². The van der Waals surface area contributed by atoms with Crippen LogP contribution in [0.15, 0.2) is 66.0 Å². The summed E-state index contributed by atoms with van der Waals surface area (Å²) < 4.78 is 18.9. The first kappa shape index (κ1) is 15.2. The van der Waals surface area contributed by atoms with Crippen LogP contribution in [0.5, 0.6) is 5.75 Å². The van der Waals surface area contributed by atoms with Gasteiger partial charge < -0.3 is 10.1 Å². The molecule has 0 saturated carbocycles. The Bertz CT molecular complexity index is 802. The summed E-state index contributed by atoms with van der Waals surface area (Å²) in [6.45, 7) is 0.218. The zero-order chi connectivity index (χ0) is 16.1. The van der Waals surface area contributed by atoms with Crippen LogP contribution in [-0.2, 0) is 6.61 Å². The number of ether oxygens (including phenoxy) is 1. The summed E-state index contributed by atoms with van der Waals surface area (Å²) in [6, 6.07) is 17.3. The Morgan fingerprint density at radius 3 is 2.61 bits per heavy atom. The van der Waals surface area contributed by atoms with E-state index in [2.05, 4.69) is 5.32 Å². The molecule has 0 unspecified atom stereocenters. The molecule has 1 amide bonds. The zero-order valence-electron chi connectivity index (χ0n) is 12.2. The summed E-state index contributed by atoms with van der Waals surface area (Å²) in [5.74, 6) is -0.364. The first-order valence-electron chi connectivity index (χ1n) is 7.03. The van der Waals surface area contributed by atoms with Gasteiger partial charge in [-0.25, -0.2) is 4.39 Å². The quantitative estimate of drug-likeness (QED) is 0.736. The number of hydrogen-bond acceptors (Lipinski definition) is 3. The van der Waals surface area contributed by atoms with Gasteiger partial charge in [-0.3, -0.25) is 4.79 Å². The number of hydrogen-bond donors (Lipinski definition) is 1. The second-order valence-electron chi connectivity index (χ2n) is 4.86. The molecule has 2 aromatic carbocycles. The van der Waals surface area contributed by atoms with Crippen molar-refractivity contribution in [3.05, 3.63) is 82.3 Å². The zero-order valence-corrected chi connectivity index (χ0v) is 13.0. The SMILES string of the molecule is O=C(Nc1ccccc1)c1cc(COc2ccccc2F)cs1. The molecular weight excluding hydrogens is 313 g/mol. The molecule has 116 valence electrons. The van der Waals surface area contributed by atoms with Gasteiger partial charge >= 0.3 is 0 Å². The predicted molar refractivity (Wildman–Crippen MR) is 89.4 cm³/mol. The number of para-hydroxylation sites is 2. The van der Waals surface area contributed by atoms with Crippen LogP contribution in [-0.4, -0.2) is 5.91 Å². The van der Waals surface area contributed by atoms with Gasteiger partial charge in [-0.15, -0.1) is 11.3 Å². The first-order chi connectivity index (χ1) is 11.2. The fraction of sp³-hybridized carbons (Fsp3) is 0.0556. The fourth-order valence-corrected chi connectivity index (χ4v) is 2.80. The number of benzene rings is 2. The molecule has 3 aromatic rings. The van der Waals surface area contributed by atoms with Crippen molar-refractivity contribution in [3.63, 3.8) is 0 Å². The summed E-state index contributed by atoms with van der Waals surface area (Å²) in [4.78, 5) is 12.7. The molecule has 3 nitrogen and oxygen atoms in total. The highest BCUT2D eigenvalue weighted by atomic mass is 32.1. The molecule has 0 saturated heterocycles. The fourth-order valence-electron chi connectivity index (χ4n) is 2.01. The first-order valence-corrected chi connectivity index (χ1v) is 7.91. The monoisotopic (exact) mass is 327 g/mol. The minimum atomic E-state index is -0.398. The lowest BCUT2D eigenvalue weighted by atomic mass is 10.3. The number of anilines is 1. The van der Waals surface area contributed by atoms with E-state index in [4.69, 9.17) is 4.74 Å². The number of rotatable bonds is 5. The lowest BCUT2D eigenvalue weighted by Gasteiger charge is -2.05. The molecule has 3 rings (SSSR count). The molecule has 0 aliphatic heterocycles. The Morgan fingerprint density at radius 1 is 1.09 bits per heavy atom. The van der Waals surface area contributed by atoms with Gasteiger partial charge in [0.05, 0.1) is 4.88 Å². The number of halogens is 1. The van der Waals surface area contributed by atoms with Crippen molar-refractivity contribution < 1.29 is 13.9 Å². The maximum atomic E-state index is 13.5. The normalized spacial score (nSPS) is 10.3. The van der Waals surface area contributed by atoms with Crippen molar-refractivity contribution in [2.75, 3.05) is 5.32 Å². The van der Waals surface area contributed by atoms with Crippen LogP contribution >= 0.6 is 11.3 Å². The van der Waals surface area contributed by atoms with E-state index in [1.165, 1.54) is 17.4 Å². The van der Waals surface area contributed by atoms with E-state index < -0.39 is 5.82 Å². The van der Waals surface area contributed by atoms with Gasteiger partial charge in [0.1, 0.15) is 6.61 Å². The molecule has 1 N–H and O–H groups in total. The van der Waals surface area contributed by atoms with Gasteiger partial charge in [0.25, 0.3) is 5.91 Å². The molecule has 0 atom stereocenters. The van der Waals surface area contributed by atoms with E-state index in [0.717, 1.165) is 11.3 Å². The number of thiophene rings is 1. The molecule has 0 fully saturated rings. The summed E-state index contributed by atoms with van der Waals surface area (Å²) in [5.41, 5.74) is 1.58. The van der Waals surface area contributed by atoms with Gasteiger partial charge in [-0.1, -0.05) is 30.3 Å². The summed E-state index contributed by atoms with van der Waals surface area (Å²) in [7, 11) is 0. The maximum absolute atomic E-state index is 13.5. The van der Waals surface area contributed by atoms with Crippen LogP contribution in [0.25, 0.3) is 0 Å². The second kappa shape index (κ2) is 7.07. The number of amides is 1. The smallest absolute Gasteiger partial charge is 0.265 e. The van der Waals surface area contributed by atoms with Crippen molar-refractivity contribution in [2.24, 2.45) is 0 Å². The van der Waals surface area contributed by atoms with E-state index in [0.29, 0.717) is 4.88 Å². The maximum Gasteiger partial charge on any atom is 0.265 e. The topological polar surface area (TPSA) is 38.3 Å². The van der Waals surface area contributed by atoms with Crippen LogP contribution in [0.3, 0.4) is 0 Å². The third-order valence-electron chi connectivity index (χ3n) is 3.14. The molecule has 0 aliphatic carbocycles. The van der Waals surface area contributed by atoms with Gasteiger partial charge in [-0.2, -0.15) is 0 Å². The molecular formula is C18H14FNO2S. The summed E-state index contributed by atoms with van der Waals surface area (Å²) in [5, 5.41) is 4.66. The Labute approximate surface area is 137 Å². The Kier molecular flexibility index (Phi) is 4.68. The van der Waals surface area contributed by atoms with Crippen molar-refractivity contribution in [1.29, 1.82) is 0 Å². The van der Waals surface area contributed by atoms with Gasteiger partial charge in [-0.05, 0) is 35.7 Å². The van der Waals surface area contributed by atoms with E-state index in [1.807, 2.05) is 35.7 Å². The van der Waals surface area contributed by atoms with Crippen LogP contribution < -0.4 is 10.1 Å². The van der Waals surface area contributed by atoms with Crippen molar-refractivity contribution in [3.8, 4) is 5.75 Å². The minimum Gasteiger partial charge on any atom is -0.486 e. The summed E-state index contributed by atoms with van der Waals surface area (Å²) in [6.07, 6.45) is 0. The third-order valence-corrected chi connectivity index (χ3v) is 4.12. The number of carbonyl (C=O) groups is 1. The minimum absolute atomic E-state index is 0.168. The van der Waals surface area contributed by atoms with Gasteiger partial charge in [0, 0.05) is 11.3 Å². The lowest BCUT2D eigenvalue weighted by Crippen LogP contribution is -2.09. The van der Waals surface area contributed by atoms with Crippen LogP contribution in [0.4, 0.5) is 10.1 Å². The molecule has 0 spiro atoms. The van der Waals surface area contributed by atoms with Gasteiger partial charge in [0.15, 0.2) is 11.6 Å². The molecule has 0 radical (unpaired) electrons. The standard InChI is InChI=1S/C18H14FNO2S/c19-15-8-4-5-9-16(15)22-11-13-10-17(23-12-13)18(21)20-14-6-2-1-3-7-14/h1-10,12H,11H2,(H,20,21). The highest BCUT2D eigenvalue weighted by Gasteiger charge is 2.10. The average molecular weight is 327 g/mol. The van der Waals surface area contributed by atoms with Crippen molar-refractivity contribution >= 4 is 22.9 Å². The van der Waals surface area contributed by atoms with Gasteiger partial charge in [0.2, 0.25) is 0 Å². The average Bonchev–Trinajstić information content (AvgIpc) is 3.04. The number of nitrogens with one attached hydrogen (secondary N) is 1. The molecule has 23 heavy (non-hydrogen) atoms. The highest BCUT2D eigenvalue weighted by Crippen LogP contribution is 2.21. The Balaban J connectivity index is 1.62. The Hall–Kier alpha value is -2.66. The third kappa shape index (κ3) is 3.96. The van der Waals surface area contributed by atoms with Crippen molar-refractivity contribution in [2.45, 2.75) is 6.61 Å². The predicted octanol–water partition coefficient (Wildman–Crippen LogP) is 4.72. The van der Waals surface area contributed by atoms with Crippen LogP contribution in [0, 0.1) is 5.82 Å². The Morgan fingerprint density at radius 2 is 1.83 bits per heavy atom. The van der Waals surface area contributed by atoms with Crippen molar-refractivity contribution in [1.82, 2.24) is 0 Å². The lowest BCUT2D eigenvalue weighted by molar-refractivity contribution is 0.103. The largest absolute Gasteiger partial charge is 0.486 e. The molecule has 0 bridgehead atoms. The molecule has 1 heterocycles. The van der Waals surface area contributed by atoms with E-state index in [1.54, 1.807) is 24.3 Å². The van der Waals surface area contributed by atoms with Crippen LogP contribution in [0.1, 0.15) is 15.2 Å². The second-order valence-corrected chi connectivity index (χ2v) is 5.77. The number of carbonyl (C=O) groups excluding carboxylic acids is 1. The van der Waals surface area contributed by atoms with Crippen LogP contribution in [0.2, 0.25) is 0 Å². The highest BCUT2D eigenvalue weighted by molar-refractivity contribution is 7.12. The molecule has 5 heteroatoms. The summed E-state index contributed by atoms with van der Waals surface area (Å²) >= 11 is 1.33. The molecule has 0 aliphatic rings. The molecule has 1 aromatic heterocycles. The van der Waals surface area contributed by atoms with E-state index in [-0.39, 0.29) is 18.3 Å².